The second-order valence-corrected chi connectivity index (χ2v) is 7.22. The zero-order chi connectivity index (χ0) is 16.2. The molecule has 0 spiro atoms. The monoisotopic (exact) mass is 337 g/mol. The molecule has 0 heterocycles. The van der Waals surface area contributed by atoms with Crippen molar-refractivity contribution in [2.24, 2.45) is 0 Å². The summed E-state index contributed by atoms with van der Waals surface area (Å²) < 4.78 is 39.8. The van der Waals surface area contributed by atoms with Crippen LogP contribution < -0.4 is 4.31 Å². The van der Waals surface area contributed by atoms with Gasteiger partial charge in [0.2, 0.25) is 0 Å². The molecule has 0 unspecified atom stereocenters. The van der Waals surface area contributed by atoms with Crippen LogP contribution in [0, 0.1) is 5.82 Å². The van der Waals surface area contributed by atoms with Crippen LogP contribution in [0.15, 0.2) is 71.0 Å². The van der Waals surface area contributed by atoms with Crippen LogP contribution in [0.3, 0.4) is 0 Å². The Morgan fingerprint density at radius 3 is 2.23 bits per heavy atom. The van der Waals surface area contributed by atoms with Crippen LogP contribution >= 0.6 is 11.8 Å². The first-order chi connectivity index (χ1) is 10.5. The second-order valence-electron chi connectivity index (χ2n) is 4.48. The maximum atomic E-state index is 13.0. The molecule has 0 aromatic heterocycles. The SMILES string of the molecule is C=CCN(c1ccc(F)cc1)S(=O)(=O)c1ccc(SC)cc1. The van der Waals surface area contributed by atoms with E-state index in [1.165, 1.54) is 46.4 Å². The smallest absolute Gasteiger partial charge is 0.263 e. The number of anilines is 1. The first kappa shape index (κ1) is 16.6. The van der Waals surface area contributed by atoms with E-state index in [2.05, 4.69) is 6.58 Å². The molecule has 2 aromatic carbocycles. The van der Waals surface area contributed by atoms with Gasteiger partial charge in [-0.2, -0.15) is 0 Å². The minimum Gasteiger partial charge on any atom is -0.263 e. The highest BCUT2D eigenvalue weighted by Gasteiger charge is 2.23. The van der Waals surface area contributed by atoms with Crippen molar-refractivity contribution in [1.29, 1.82) is 0 Å². The van der Waals surface area contributed by atoms with Gasteiger partial charge in [0.05, 0.1) is 17.1 Å². The Morgan fingerprint density at radius 1 is 1.14 bits per heavy atom. The number of hydrogen-bond acceptors (Lipinski definition) is 3. The summed E-state index contributed by atoms with van der Waals surface area (Å²) in [4.78, 5) is 1.17. The van der Waals surface area contributed by atoms with Gasteiger partial charge in [-0.25, -0.2) is 12.8 Å². The van der Waals surface area contributed by atoms with E-state index in [0.29, 0.717) is 5.69 Å². The molecular weight excluding hydrogens is 321 g/mol. The summed E-state index contributed by atoms with van der Waals surface area (Å²) in [6, 6.07) is 12.0. The summed E-state index contributed by atoms with van der Waals surface area (Å²) in [5.41, 5.74) is 0.398. The first-order valence-corrected chi connectivity index (χ1v) is 9.19. The van der Waals surface area contributed by atoms with Crippen molar-refractivity contribution in [1.82, 2.24) is 0 Å². The molecule has 22 heavy (non-hydrogen) atoms. The number of rotatable bonds is 6. The van der Waals surface area contributed by atoms with Gasteiger partial charge in [0.1, 0.15) is 5.82 Å². The third-order valence-corrected chi connectivity index (χ3v) is 5.61. The Morgan fingerprint density at radius 2 is 1.73 bits per heavy atom. The Balaban J connectivity index is 2.44. The van der Waals surface area contributed by atoms with Crippen LogP contribution in [-0.2, 0) is 10.0 Å². The second kappa shape index (κ2) is 6.98. The van der Waals surface area contributed by atoms with Crippen LogP contribution in [0.1, 0.15) is 0 Å². The van der Waals surface area contributed by atoms with Gasteiger partial charge in [-0.05, 0) is 54.8 Å². The van der Waals surface area contributed by atoms with Crippen LogP contribution in [0.25, 0.3) is 0 Å². The lowest BCUT2D eigenvalue weighted by atomic mass is 10.3. The molecule has 0 fully saturated rings. The van der Waals surface area contributed by atoms with Crippen LogP contribution in [-0.4, -0.2) is 21.2 Å². The van der Waals surface area contributed by atoms with Gasteiger partial charge in [-0.15, -0.1) is 18.3 Å². The Bertz CT molecular complexity index is 741. The van der Waals surface area contributed by atoms with Gasteiger partial charge in [0.15, 0.2) is 0 Å². The molecule has 0 aliphatic carbocycles. The highest BCUT2D eigenvalue weighted by Crippen LogP contribution is 2.25. The summed E-state index contributed by atoms with van der Waals surface area (Å²) >= 11 is 1.54. The first-order valence-electron chi connectivity index (χ1n) is 6.52. The van der Waals surface area contributed by atoms with Crippen molar-refractivity contribution >= 4 is 27.5 Å². The quantitative estimate of drug-likeness (QED) is 0.592. The molecule has 2 rings (SSSR count). The average molecular weight is 337 g/mol. The van der Waals surface area contributed by atoms with Crippen molar-refractivity contribution in [2.75, 3.05) is 17.1 Å². The molecule has 0 aliphatic heterocycles. The van der Waals surface area contributed by atoms with Crippen LogP contribution in [0.4, 0.5) is 10.1 Å². The van der Waals surface area contributed by atoms with Crippen molar-refractivity contribution in [3.8, 4) is 0 Å². The molecular formula is C16H16FNO2S2. The lowest BCUT2D eigenvalue weighted by molar-refractivity contribution is 0.592. The minimum atomic E-state index is -3.72. The van der Waals surface area contributed by atoms with Gasteiger partial charge in [-0.3, -0.25) is 4.31 Å². The van der Waals surface area contributed by atoms with Gasteiger partial charge < -0.3 is 0 Å². The minimum absolute atomic E-state index is 0.109. The van der Waals surface area contributed by atoms with Crippen LogP contribution in [0.2, 0.25) is 0 Å². The molecule has 0 atom stereocenters. The zero-order valence-electron chi connectivity index (χ0n) is 12.1. The number of halogens is 1. The standard InChI is InChI=1S/C16H16FNO2S2/c1-3-12-18(14-6-4-13(17)5-7-14)22(19,20)16-10-8-15(21-2)9-11-16/h3-11H,1,12H2,2H3. The summed E-state index contributed by atoms with van der Waals surface area (Å²) in [6.07, 6.45) is 3.42. The highest BCUT2D eigenvalue weighted by molar-refractivity contribution is 7.98. The average Bonchev–Trinajstić information content (AvgIpc) is 2.53. The number of thioether (sulfide) groups is 1. The van der Waals surface area contributed by atoms with Gasteiger partial charge >= 0.3 is 0 Å². The van der Waals surface area contributed by atoms with E-state index in [1.54, 1.807) is 24.3 Å². The summed E-state index contributed by atoms with van der Waals surface area (Å²) in [6.45, 7) is 3.70. The molecule has 0 radical (unpaired) electrons. The van der Waals surface area contributed by atoms with E-state index in [4.69, 9.17) is 0 Å². The van der Waals surface area contributed by atoms with Crippen molar-refractivity contribution in [3.63, 3.8) is 0 Å². The molecule has 0 aliphatic rings. The fraction of sp³-hybridized carbons (Fsp3) is 0.125. The molecule has 116 valence electrons. The predicted octanol–water partition coefficient (Wildman–Crippen LogP) is 3.93. The molecule has 0 saturated heterocycles. The van der Waals surface area contributed by atoms with Crippen molar-refractivity contribution in [3.05, 3.63) is 67.0 Å². The van der Waals surface area contributed by atoms with E-state index < -0.39 is 15.8 Å². The molecule has 0 saturated carbocycles. The Labute approximate surface area is 134 Å². The lowest BCUT2D eigenvalue weighted by Crippen LogP contribution is -2.31. The number of hydrogen-bond donors (Lipinski definition) is 0. The van der Waals surface area contributed by atoms with E-state index in [0.717, 1.165) is 4.90 Å². The van der Waals surface area contributed by atoms with Gasteiger partial charge in [0, 0.05) is 4.90 Å². The number of benzene rings is 2. The maximum absolute atomic E-state index is 13.0. The highest BCUT2D eigenvalue weighted by atomic mass is 32.2. The van der Waals surface area contributed by atoms with Crippen molar-refractivity contribution in [2.45, 2.75) is 9.79 Å². The summed E-state index contributed by atoms with van der Waals surface area (Å²) in [5.74, 6) is -0.413. The molecule has 0 N–H and O–H groups in total. The largest absolute Gasteiger partial charge is 0.264 e. The lowest BCUT2D eigenvalue weighted by Gasteiger charge is -2.23. The number of nitrogens with zero attached hydrogens (tertiary/aromatic N) is 1. The summed E-state index contributed by atoms with van der Waals surface area (Å²) in [5, 5.41) is 0. The summed E-state index contributed by atoms with van der Waals surface area (Å²) in [7, 11) is -3.72. The van der Waals surface area contributed by atoms with E-state index in [-0.39, 0.29) is 11.4 Å². The van der Waals surface area contributed by atoms with E-state index in [9.17, 15) is 12.8 Å². The third-order valence-electron chi connectivity index (χ3n) is 3.06. The Hall–Kier alpha value is -1.79. The van der Waals surface area contributed by atoms with Crippen LogP contribution in [0.5, 0.6) is 0 Å². The van der Waals surface area contributed by atoms with E-state index >= 15 is 0 Å². The third kappa shape index (κ3) is 3.51. The molecule has 3 nitrogen and oxygen atoms in total. The van der Waals surface area contributed by atoms with E-state index in [1.807, 2.05) is 6.26 Å². The topological polar surface area (TPSA) is 37.4 Å². The fourth-order valence-corrected chi connectivity index (χ4v) is 3.79. The molecule has 0 bridgehead atoms. The maximum Gasteiger partial charge on any atom is 0.264 e. The van der Waals surface area contributed by atoms with Gasteiger partial charge in [-0.1, -0.05) is 6.08 Å². The molecule has 2 aromatic rings. The zero-order valence-corrected chi connectivity index (χ0v) is 13.7. The predicted molar refractivity (Wildman–Crippen MR) is 89.4 cm³/mol. The normalized spacial score (nSPS) is 11.2. The number of sulfonamides is 1. The fourth-order valence-electron chi connectivity index (χ4n) is 1.94. The van der Waals surface area contributed by atoms with Gasteiger partial charge in [0.25, 0.3) is 10.0 Å². The molecule has 0 amide bonds. The molecule has 6 heteroatoms. The Kier molecular flexibility index (Phi) is 5.26. The van der Waals surface area contributed by atoms with Crippen molar-refractivity contribution < 1.29 is 12.8 Å².